The first kappa shape index (κ1) is 14.8. The number of hydrogen-bond acceptors (Lipinski definition) is 1. The standard InChI is InChI=1S/C15H30OSi/c1-12(2)17(13(3)4,14(5)6)16-15-10-8-7-9-11-15/h10,12-14H,7-9,11H2,1-6H3. The van der Waals surface area contributed by atoms with Gasteiger partial charge in [0.1, 0.15) is 0 Å². The molecule has 0 saturated carbocycles. The van der Waals surface area contributed by atoms with E-state index in [1.165, 1.54) is 31.4 Å². The first-order chi connectivity index (χ1) is 7.91. The lowest BCUT2D eigenvalue weighted by Gasteiger charge is -2.43. The van der Waals surface area contributed by atoms with Crippen LogP contribution < -0.4 is 0 Å². The molecule has 1 aliphatic carbocycles. The lowest BCUT2D eigenvalue weighted by Crippen LogP contribution is -2.47. The molecule has 17 heavy (non-hydrogen) atoms. The van der Waals surface area contributed by atoms with Gasteiger partial charge >= 0.3 is 0 Å². The molecular formula is C15H30OSi. The SMILES string of the molecule is CC(C)[Si](OC1=CCCCC1)(C(C)C)C(C)C. The fourth-order valence-corrected chi connectivity index (χ4v) is 8.83. The summed E-state index contributed by atoms with van der Waals surface area (Å²) < 4.78 is 6.66. The van der Waals surface area contributed by atoms with Crippen LogP contribution in [0.5, 0.6) is 0 Å². The van der Waals surface area contributed by atoms with E-state index in [0.29, 0.717) is 16.6 Å². The Hall–Kier alpha value is -0.243. The van der Waals surface area contributed by atoms with Crippen LogP contribution >= 0.6 is 0 Å². The molecule has 1 aliphatic rings. The molecule has 0 radical (unpaired) electrons. The Bertz CT molecular complexity index is 244. The van der Waals surface area contributed by atoms with Gasteiger partial charge in [0.15, 0.2) is 0 Å². The molecular weight excluding hydrogens is 224 g/mol. The first-order valence-corrected chi connectivity index (χ1v) is 9.43. The zero-order chi connectivity index (χ0) is 13.1. The van der Waals surface area contributed by atoms with Gasteiger partial charge in [-0.3, -0.25) is 0 Å². The van der Waals surface area contributed by atoms with Gasteiger partial charge in [-0.05, 0) is 42.0 Å². The molecule has 0 unspecified atom stereocenters. The highest BCUT2D eigenvalue weighted by Gasteiger charge is 2.47. The summed E-state index contributed by atoms with van der Waals surface area (Å²) in [6.45, 7) is 14.1. The number of allylic oxidation sites excluding steroid dienone is 2. The monoisotopic (exact) mass is 254 g/mol. The molecule has 0 bridgehead atoms. The Labute approximate surface area is 109 Å². The number of rotatable bonds is 5. The Balaban J connectivity index is 2.93. The Kier molecular flexibility index (Phi) is 5.30. The van der Waals surface area contributed by atoms with Crippen molar-refractivity contribution in [1.82, 2.24) is 0 Å². The second-order valence-corrected chi connectivity index (χ2v) is 11.7. The fraction of sp³-hybridized carbons (Fsp3) is 0.867. The van der Waals surface area contributed by atoms with Crippen LogP contribution in [0.1, 0.15) is 67.2 Å². The zero-order valence-corrected chi connectivity index (χ0v) is 13.5. The van der Waals surface area contributed by atoms with Crippen LogP contribution in [0.25, 0.3) is 0 Å². The van der Waals surface area contributed by atoms with Crippen LogP contribution in [0.2, 0.25) is 16.6 Å². The average molecular weight is 254 g/mol. The molecule has 0 saturated heterocycles. The largest absolute Gasteiger partial charge is 0.546 e. The van der Waals surface area contributed by atoms with Gasteiger partial charge in [0.2, 0.25) is 0 Å². The van der Waals surface area contributed by atoms with Gasteiger partial charge in [-0.25, -0.2) is 0 Å². The third-order valence-corrected chi connectivity index (χ3v) is 10.3. The highest BCUT2D eigenvalue weighted by Crippen LogP contribution is 2.44. The summed E-state index contributed by atoms with van der Waals surface area (Å²) >= 11 is 0. The van der Waals surface area contributed by atoms with Crippen molar-refractivity contribution >= 4 is 8.32 Å². The smallest absolute Gasteiger partial charge is 0.258 e. The molecule has 1 nitrogen and oxygen atoms in total. The first-order valence-electron chi connectivity index (χ1n) is 7.29. The summed E-state index contributed by atoms with van der Waals surface area (Å²) in [5, 5.41) is 0. The molecule has 0 aliphatic heterocycles. The third-order valence-electron chi connectivity index (χ3n) is 4.26. The minimum absolute atomic E-state index is 0.685. The molecule has 1 rings (SSSR count). The highest BCUT2D eigenvalue weighted by atomic mass is 28.4. The number of hydrogen-bond donors (Lipinski definition) is 0. The fourth-order valence-electron chi connectivity index (χ4n) is 3.48. The van der Waals surface area contributed by atoms with E-state index in [4.69, 9.17) is 4.43 Å². The van der Waals surface area contributed by atoms with Crippen molar-refractivity contribution < 1.29 is 4.43 Å². The van der Waals surface area contributed by atoms with Crippen LogP contribution in [-0.2, 0) is 4.43 Å². The normalized spacial score (nSPS) is 17.8. The van der Waals surface area contributed by atoms with Crippen molar-refractivity contribution in [2.24, 2.45) is 0 Å². The Morgan fingerprint density at radius 3 is 1.82 bits per heavy atom. The van der Waals surface area contributed by atoms with Crippen molar-refractivity contribution in [2.75, 3.05) is 0 Å². The average Bonchev–Trinajstić information content (AvgIpc) is 2.25. The second kappa shape index (κ2) is 6.08. The van der Waals surface area contributed by atoms with Crippen LogP contribution in [0, 0.1) is 0 Å². The Morgan fingerprint density at radius 1 is 0.941 bits per heavy atom. The quantitative estimate of drug-likeness (QED) is 0.577. The predicted octanol–water partition coefficient (Wildman–Crippen LogP) is 5.64. The van der Waals surface area contributed by atoms with Gasteiger partial charge in [-0.15, -0.1) is 0 Å². The maximum atomic E-state index is 6.66. The molecule has 0 aromatic rings. The third kappa shape index (κ3) is 3.15. The molecule has 0 amide bonds. The highest BCUT2D eigenvalue weighted by molar-refractivity contribution is 6.77. The summed E-state index contributed by atoms with van der Waals surface area (Å²) in [5.41, 5.74) is 2.06. The maximum Gasteiger partial charge on any atom is 0.258 e. The van der Waals surface area contributed by atoms with E-state index in [9.17, 15) is 0 Å². The van der Waals surface area contributed by atoms with Crippen LogP contribution in [0.4, 0.5) is 0 Å². The van der Waals surface area contributed by atoms with Crippen molar-refractivity contribution in [2.45, 2.75) is 83.8 Å². The molecule has 100 valence electrons. The summed E-state index contributed by atoms with van der Waals surface area (Å²) in [5.74, 6) is 1.30. The van der Waals surface area contributed by atoms with Gasteiger partial charge < -0.3 is 4.43 Å². The minimum atomic E-state index is -1.68. The van der Waals surface area contributed by atoms with Crippen LogP contribution in [0.3, 0.4) is 0 Å². The van der Waals surface area contributed by atoms with E-state index in [-0.39, 0.29) is 0 Å². The van der Waals surface area contributed by atoms with Crippen molar-refractivity contribution in [3.63, 3.8) is 0 Å². The summed E-state index contributed by atoms with van der Waals surface area (Å²) in [6.07, 6.45) is 7.38. The van der Waals surface area contributed by atoms with Crippen LogP contribution in [0.15, 0.2) is 11.8 Å². The summed E-state index contributed by atoms with van der Waals surface area (Å²) in [6, 6.07) is 0. The molecule has 0 aromatic carbocycles. The van der Waals surface area contributed by atoms with E-state index in [1.807, 2.05) is 0 Å². The summed E-state index contributed by atoms with van der Waals surface area (Å²) in [4.78, 5) is 0. The van der Waals surface area contributed by atoms with Crippen molar-refractivity contribution in [1.29, 1.82) is 0 Å². The van der Waals surface area contributed by atoms with E-state index < -0.39 is 8.32 Å². The second-order valence-electron chi connectivity index (χ2n) is 6.34. The Morgan fingerprint density at radius 2 is 1.47 bits per heavy atom. The van der Waals surface area contributed by atoms with E-state index in [0.717, 1.165) is 0 Å². The van der Waals surface area contributed by atoms with Crippen molar-refractivity contribution in [3.05, 3.63) is 11.8 Å². The lowest BCUT2D eigenvalue weighted by atomic mass is 10.1. The van der Waals surface area contributed by atoms with Crippen molar-refractivity contribution in [3.8, 4) is 0 Å². The lowest BCUT2D eigenvalue weighted by molar-refractivity contribution is 0.340. The van der Waals surface area contributed by atoms with Gasteiger partial charge in [-0.1, -0.05) is 41.5 Å². The molecule has 0 atom stereocenters. The molecule has 0 aromatic heterocycles. The van der Waals surface area contributed by atoms with E-state index in [2.05, 4.69) is 47.6 Å². The topological polar surface area (TPSA) is 9.23 Å². The molecule has 0 N–H and O–H groups in total. The predicted molar refractivity (Wildman–Crippen MR) is 78.7 cm³/mol. The minimum Gasteiger partial charge on any atom is -0.546 e. The van der Waals surface area contributed by atoms with E-state index in [1.54, 1.807) is 0 Å². The molecule has 0 fully saturated rings. The van der Waals surface area contributed by atoms with Gasteiger partial charge in [0.05, 0.1) is 5.76 Å². The van der Waals surface area contributed by atoms with Gasteiger partial charge in [0.25, 0.3) is 8.32 Å². The summed E-state index contributed by atoms with van der Waals surface area (Å²) in [7, 11) is -1.68. The van der Waals surface area contributed by atoms with Gasteiger partial charge in [-0.2, -0.15) is 0 Å². The maximum absolute atomic E-state index is 6.66. The van der Waals surface area contributed by atoms with Crippen LogP contribution in [-0.4, -0.2) is 8.32 Å². The van der Waals surface area contributed by atoms with E-state index >= 15 is 0 Å². The molecule has 0 heterocycles. The zero-order valence-electron chi connectivity index (χ0n) is 12.5. The molecule has 2 heteroatoms. The molecule has 0 spiro atoms. The van der Waals surface area contributed by atoms with Gasteiger partial charge in [0, 0.05) is 6.42 Å².